The van der Waals surface area contributed by atoms with Gasteiger partial charge in [-0.1, -0.05) is 66.5 Å². The Morgan fingerprint density at radius 1 is 0.677 bits per heavy atom. The molecule has 0 unspecified atom stereocenters. The molecule has 5 aliphatic rings. The van der Waals surface area contributed by atoms with Gasteiger partial charge in [0, 0.05) is 0 Å². The normalized spacial score (nSPS) is 53.1. The van der Waals surface area contributed by atoms with E-state index in [2.05, 4.69) is 55.4 Å². The van der Waals surface area contributed by atoms with Gasteiger partial charge < -0.3 is 5.11 Å². The lowest BCUT2D eigenvalue weighted by molar-refractivity contribution is -0.204. The molecule has 31 heavy (non-hydrogen) atoms. The van der Waals surface area contributed by atoms with E-state index < -0.39 is 0 Å². The second-order valence-corrected chi connectivity index (χ2v) is 15.2. The van der Waals surface area contributed by atoms with Crippen LogP contribution in [0.2, 0.25) is 0 Å². The van der Waals surface area contributed by atoms with Gasteiger partial charge in [0.1, 0.15) is 0 Å². The Labute approximate surface area is 192 Å². The highest BCUT2D eigenvalue weighted by molar-refractivity contribution is 5.38. The van der Waals surface area contributed by atoms with Crippen molar-refractivity contribution in [3.8, 4) is 0 Å². The fourth-order valence-corrected chi connectivity index (χ4v) is 10.5. The topological polar surface area (TPSA) is 20.2 Å². The Morgan fingerprint density at radius 2 is 1.35 bits per heavy atom. The third-order valence-electron chi connectivity index (χ3n) is 12.9. The Kier molecular flexibility index (Phi) is 4.66. The van der Waals surface area contributed by atoms with Gasteiger partial charge >= 0.3 is 0 Å². The Balaban J connectivity index is 1.59. The van der Waals surface area contributed by atoms with Crippen molar-refractivity contribution >= 4 is 0 Å². The number of rotatable bonds is 0. The number of aliphatic hydroxyl groups is 1. The van der Waals surface area contributed by atoms with E-state index in [0.29, 0.717) is 33.0 Å². The first-order valence-electron chi connectivity index (χ1n) is 13.6. The molecule has 0 spiro atoms. The Bertz CT molecular complexity index is 803. The molecular weight excluding hydrogens is 376 g/mol. The summed E-state index contributed by atoms with van der Waals surface area (Å²) in [7, 11) is 0. The van der Waals surface area contributed by atoms with Crippen LogP contribution in [0.25, 0.3) is 0 Å². The lowest BCUT2D eigenvalue weighted by atomic mass is 9.34. The molecular formula is C30H50O. The van der Waals surface area contributed by atoms with Crippen LogP contribution in [0.4, 0.5) is 0 Å². The SMILES string of the molecule is CC1(C)CC[C@]2(C)CC[C@]3(C)C(=C2C1)CC[C@@H]1[C@]2(C)CC[C@H](O)C(C)(C)[C@@H]2CC[C@]13C. The summed E-state index contributed by atoms with van der Waals surface area (Å²) in [5.41, 5.74) is 6.03. The average Bonchev–Trinajstić information content (AvgIpc) is 2.67. The molecule has 4 fully saturated rings. The summed E-state index contributed by atoms with van der Waals surface area (Å²) in [5.74, 6) is 1.47. The van der Waals surface area contributed by atoms with Crippen LogP contribution in [0.5, 0.6) is 0 Å². The maximum Gasteiger partial charge on any atom is 0.0594 e. The summed E-state index contributed by atoms with van der Waals surface area (Å²) in [4.78, 5) is 0. The van der Waals surface area contributed by atoms with E-state index in [1.807, 2.05) is 11.1 Å². The first-order chi connectivity index (χ1) is 14.2. The van der Waals surface area contributed by atoms with Crippen LogP contribution in [0, 0.1) is 44.3 Å². The minimum atomic E-state index is -0.119. The largest absolute Gasteiger partial charge is 0.393 e. The summed E-state index contributed by atoms with van der Waals surface area (Å²) in [6.07, 6.45) is 14.5. The number of hydrogen-bond donors (Lipinski definition) is 1. The highest BCUT2D eigenvalue weighted by Gasteiger charge is 2.67. The van der Waals surface area contributed by atoms with Crippen LogP contribution in [-0.2, 0) is 0 Å². The molecule has 1 nitrogen and oxygen atoms in total. The maximum atomic E-state index is 10.9. The number of aliphatic hydroxyl groups excluding tert-OH is 1. The van der Waals surface area contributed by atoms with E-state index in [1.165, 1.54) is 64.2 Å². The predicted octanol–water partition coefficient (Wildman–Crippen LogP) is 8.31. The van der Waals surface area contributed by atoms with Crippen molar-refractivity contribution in [3.63, 3.8) is 0 Å². The van der Waals surface area contributed by atoms with Crippen molar-refractivity contribution < 1.29 is 5.11 Å². The monoisotopic (exact) mass is 426 g/mol. The van der Waals surface area contributed by atoms with Gasteiger partial charge in [0.15, 0.2) is 0 Å². The Hall–Kier alpha value is -0.300. The van der Waals surface area contributed by atoms with Crippen molar-refractivity contribution in [2.24, 2.45) is 44.3 Å². The molecule has 0 heterocycles. The molecule has 1 N–H and O–H groups in total. The molecule has 0 aromatic heterocycles. The average molecular weight is 427 g/mol. The van der Waals surface area contributed by atoms with Crippen LogP contribution >= 0.6 is 0 Å². The van der Waals surface area contributed by atoms with Gasteiger partial charge in [-0.3, -0.25) is 0 Å². The number of fused-ring (bicyclic) bond motifs is 6. The van der Waals surface area contributed by atoms with Crippen molar-refractivity contribution in [1.29, 1.82) is 0 Å². The molecule has 5 aliphatic carbocycles. The van der Waals surface area contributed by atoms with E-state index in [9.17, 15) is 5.11 Å². The first kappa shape index (κ1) is 22.5. The molecule has 7 atom stereocenters. The quantitative estimate of drug-likeness (QED) is 0.386. The van der Waals surface area contributed by atoms with Gasteiger partial charge in [0.2, 0.25) is 0 Å². The van der Waals surface area contributed by atoms with Gasteiger partial charge in [0.25, 0.3) is 0 Å². The molecule has 0 aromatic rings. The second-order valence-electron chi connectivity index (χ2n) is 15.2. The Morgan fingerprint density at radius 3 is 2.06 bits per heavy atom. The lowest BCUT2D eigenvalue weighted by Crippen LogP contribution is -2.64. The fraction of sp³-hybridized carbons (Fsp3) is 0.933. The fourth-order valence-electron chi connectivity index (χ4n) is 10.5. The van der Waals surface area contributed by atoms with Crippen LogP contribution in [0.1, 0.15) is 126 Å². The van der Waals surface area contributed by atoms with Crippen molar-refractivity contribution in [2.75, 3.05) is 0 Å². The second kappa shape index (κ2) is 6.43. The summed E-state index contributed by atoms with van der Waals surface area (Å²) < 4.78 is 0. The molecule has 5 rings (SSSR count). The molecule has 0 radical (unpaired) electrons. The minimum Gasteiger partial charge on any atom is -0.393 e. The van der Waals surface area contributed by atoms with Gasteiger partial charge in [0.05, 0.1) is 6.10 Å². The molecule has 1 heteroatoms. The third-order valence-corrected chi connectivity index (χ3v) is 12.9. The number of hydrogen-bond acceptors (Lipinski definition) is 1. The first-order valence-corrected chi connectivity index (χ1v) is 13.6. The van der Waals surface area contributed by atoms with Crippen LogP contribution < -0.4 is 0 Å². The summed E-state index contributed by atoms with van der Waals surface area (Å²) in [5, 5.41) is 10.9. The summed E-state index contributed by atoms with van der Waals surface area (Å²) in [6, 6.07) is 0. The minimum absolute atomic E-state index is 0.0620. The van der Waals surface area contributed by atoms with E-state index in [1.54, 1.807) is 0 Å². The zero-order valence-corrected chi connectivity index (χ0v) is 22.0. The van der Waals surface area contributed by atoms with Crippen molar-refractivity contribution in [2.45, 2.75) is 132 Å². The van der Waals surface area contributed by atoms with Gasteiger partial charge in [-0.05, 0) is 115 Å². The molecule has 0 bridgehead atoms. The number of allylic oxidation sites excluding steroid dienone is 2. The van der Waals surface area contributed by atoms with Crippen LogP contribution in [-0.4, -0.2) is 11.2 Å². The zero-order chi connectivity index (χ0) is 22.7. The highest BCUT2D eigenvalue weighted by atomic mass is 16.3. The molecule has 4 saturated carbocycles. The summed E-state index contributed by atoms with van der Waals surface area (Å²) >= 11 is 0. The standard InChI is InChI=1S/C30H50O/c1-25(2)15-16-27(5)17-18-29(7)20(21(27)19-25)9-10-23-28(6)13-12-24(31)26(3,4)22(28)11-14-30(23,29)8/h22-24,31H,9-19H2,1-8H3/t22-,23+,24-,27+,28+,29+,30+/m0/s1. The van der Waals surface area contributed by atoms with Gasteiger partial charge in [-0.25, -0.2) is 0 Å². The predicted molar refractivity (Wildman–Crippen MR) is 131 cm³/mol. The molecule has 0 saturated heterocycles. The third kappa shape index (κ3) is 2.77. The van der Waals surface area contributed by atoms with Crippen LogP contribution in [0.15, 0.2) is 11.1 Å². The van der Waals surface area contributed by atoms with Crippen molar-refractivity contribution in [1.82, 2.24) is 0 Å². The van der Waals surface area contributed by atoms with Crippen molar-refractivity contribution in [3.05, 3.63) is 11.1 Å². The molecule has 0 aromatic carbocycles. The van der Waals surface area contributed by atoms with E-state index in [4.69, 9.17) is 0 Å². The smallest absolute Gasteiger partial charge is 0.0594 e. The molecule has 0 amide bonds. The van der Waals surface area contributed by atoms with Gasteiger partial charge in [-0.15, -0.1) is 0 Å². The lowest BCUT2D eigenvalue weighted by Gasteiger charge is -2.71. The van der Waals surface area contributed by atoms with E-state index >= 15 is 0 Å². The summed E-state index contributed by atoms with van der Waals surface area (Å²) in [6.45, 7) is 20.4. The van der Waals surface area contributed by atoms with Gasteiger partial charge in [-0.2, -0.15) is 0 Å². The molecule has 0 aliphatic heterocycles. The van der Waals surface area contributed by atoms with E-state index in [-0.39, 0.29) is 11.5 Å². The zero-order valence-electron chi connectivity index (χ0n) is 22.0. The van der Waals surface area contributed by atoms with Crippen LogP contribution in [0.3, 0.4) is 0 Å². The maximum absolute atomic E-state index is 10.9. The molecule has 176 valence electrons. The van der Waals surface area contributed by atoms with E-state index in [0.717, 1.165) is 12.3 Å². The highest BCUT2D eigenvalue weighted by Crippen LogP contribution is 2.75.